The second kappa shape index (κ2) is 8.64. The Balaban J connectivity index is 1.90. The molecule has 1 fully saturated rings. The summed E-state index contributed by atoms with van der Waals surface area (Å²) in [5.74, 6) is -1.65. The van der Waals surface area contributed by atoms with Crippen molar-refractivity contribution >= 4 is 23.0 Å². The predicted octanol–water partition coefficient (Wildman–Crippen LogP) is 4.00. The van der Waals surface area contributed by atoms with E-state index in [1.807, 2.05) is 4.90 Å². The van der Waals surface area contributed by atoms with E-state index in [0.717, 1.165) is 12.3 Å². The van der Waals surface area contributed by atoms with E-state index >= 15 is 0 Å². The fourth-order valence-electron chi connectivity index (χ4n) is 2.94. The number of morpholine rings is 1. The van der Waals surface area contributed by atoms with E-state index in [-0.39, 0.29) is 12.3 Å². The summed E-state index contributed by atoms with van der Waals surface area (Å²) in [5.41, 5.74) is -1.03. The molecular formula is C19H19F4N3O3. The normalized spacial score (nSPS) is 14.6. The van der Waals surface area contributed by atoms with Gasteiger partial charge in [-0.15, -0.1) is 0 Å². The number of pyridine rings is 1. The van der Waals surface area contributed by atoms with Gasteiger partial charge in [-0.3, -0.25) is 0 Å². The van der Waals surface area contributed by atoms with E-state index in [2.05, 4.69) is 10.3 Å². The van der Waals surface area contributed by atoms with Crippen LogP contribution in [-0.2, 0) is 15.7 Å². The van der Waals surface area contributed by atoms with Crippen molar-refractivity contribution in [3.63, 3.8) is 0 Å². The number of benzene rings is 1. The van der Waals surface area contributed by atoms with Crippen molar-refractivity contribution in [3.8, 4) is 0 Å². The van der Waals surface area contributed by atoms with E-state index in [1.165, 1.54) is 19.1 Å². The number of aromatic nitrogens is 1. The number of halogens is 4. The third-order valence-corrected chi connectivity index (χ3v) is 4.20. The van der Waals surface area contributed by atoms with Crippen molar-refractivity contribution in [1.82, 2.24) is 4.98 Å². The molecule has 1 aliphatic heterocycles. The molecule has 1 N–H and O–H groups in total. The third kappa shape index (κ3) is 5.14. The van der Waals surface area contributed by atoms with Gasteiger partial charge >= 0.3 is 12.1 Å². The molecular weight excluding hydrogens is 394 g/mol. The molecule has 0 radical (unpaired) electrons. The van der Waals surface area contributed by atoms with Crippen LogP contribution in [0.2, 0.25) is 0 Å². The van der Waals surface area contributed by atoms with Gasteiger partial charge < -0.3 is 19.7 Å². The SMILES string of the molecule is CCOC(=O)c1cc(Nc2cc(F)cc(N3CCOCC3)c2)cnc1C(F)(F)F. The molecule has 3 rings (SSSR count). The number of carbonyl (C=O) groups is 1. The van der Waals surface area contributed by atoms with Crippen LogP contribution < -0.4 is 10.2 Å². The minimum Gasteiger partial charge on any atom is -0.462 e. The molecule has 1 aromatic heterocycles. The van der Waals surface area contributed by atoms with Crippen molar-refractivity contribution in [2.45, 2.75) is 13.1 Å². The molecule has 0 amide bonds. The highest BCUT2D eigenvalue weighted by molar-refractivity contribution is 5.92. The zero-order valence-corrected chi connectivity index (χ0v) is 15.6. The maximum absolute atomic E-state index is 14.1. The van der Waals surface area contributed by atoms with Crippen LogP contribution >= 0.6 is 0 Å². The Labute approximate surface area is 164 Å². The Morgan fingerprint density at radius 1 is 1.21 bits per heavy atom. The zero-order valence-electron chi connectivity index (χ0n) is 15.6. The topological polar surface area (TPSA) is 63.7 Å². The molecule has 0 atom stereocenters. The van der Waals surface area contributed by atoms with Gasteiger partial charge in [0, 0.05) is 24.5 Å². The monoisotopic (exact) mass is 413 g/mol. The van der Waals surface area contributed by atoms with Crippen LogP contribution in [0, 0.1) is 5.82 Å². The lowest BCUT2D eigenvalue weighted by molar-refractivity contribution is -0.141. The summed E-state index contributed by atoms with van der Waals surface area (Å²) in [6.07, 6.45) is -3.88. The second-order valence-electron chi connectivity index (χ2n) is 6.26. The highest BCUT2D eigenvalue weighted by atomic mass is 19.4. The first-order chi connectivity index (χ1) is 13.8. The van der Waals surface area contributed by atoms with Crippen LogP contribution in [0.4, 0.5) is 34.6 Å². The van der Waals surface area contributed by atoms with Gasteiger partial charge in [-0.05, 0) is 31.2 Å². The van der Waals surface area contributed by atoms with Gasteiger partial charge in [-0.25, -0.2) is 14.2 Å². The Morgan fingerprint density at radius 2 is 1.93 bits per heavy atom. The fourth-order valence-corrected chi connectivity index (χ4v) is 2.94. The molecule has 10 heteroatoms. The van der Waals surface area contributed by atoms with Gasteiger partial charge in [0.25, 0.3) is 0 Å². The van der Waals surface area contributed by atoms with Crippen LogP contribution in [0.25, 0.3) is 0 Å². The number of anilines is 3. The van der Waals surface area contributed by atoms with Crippen molar-refractivity contribution in [2.75, 3.05) is 43.1 Å². The Bertz CT molecular complexity index is 883. The number of hydrogen-bond acceptors (Lipinski definition) is 6. The molecule has 156 valence electrons. The lowest BCUT2D eigenvalue weighted by atomic mass is 10.1. The van der Waals surface area contributed by atoms with E-state index in [0.29, 0.717) is 37.7 Å². The van der Waals surface area contributed by atoms with Crippen LogP contribution in [0.1, 0.15) is 23.0 Å². The lowest BCUT2D eigenvalue weighted by Gasteiger charge is -2.29. The van der Waals surface area contributed by atoms with Gasteiger partial charge in [0.05, 0.1) is 37.3 Å². The number of carbonyl (C=O) groups excluding carboxylic acids is 1. The summed E-state index contributed by atoms with van der Waals surface area (Å²) in [4.78, 5) is 17.3. The molecule has 0 saturated carbocycles. The maximum Gasteiger partial charge on any atom is 0.434 e. The maximum atomic E-state index is 14.1. The molecule has 0 bridgehead atoms. The summed E-state index contributed by atoms with van der Waals surface area (Å²) in [6, 6.07) is 5.22. The molecule has 2 aromatic rings. The number of hydrogen-bond donors (Lipinski definition) is 1. The van der Waals surface area contributed by atoms with Crippen LogP contribution in [0.3, 0.4) is 0 Å². The summed E-state index contributed by atoms with van der Waals surface area (Å²) >= 11 is 0. The Hall–Kier alpha value is -2.88. The third-order valence-electron chi connectivity index (χ3n) is 4.20. The summed E-state index contributed by atoms with van der Waals surface area (Å²) in [7, 11) is 0. The van der Waals surface area contributed by atoms with E-state index in [1.54, 1.807) is 6.07 Å². The molecule has 0 spiro atoms. The number of alkyl halides is 3. The molecule has 2 heterocycles. The molecule has 0 aliphatic carbocycles. The highest BCUT2D eigenvalue weighted by Gasteiger charge is 2.38. The molecule has 6 nitrogen and oxygen atoms in total. The average molecular weight is 413 g/mol. The average Bonchev–Trinajstić information content (AvgIpc) is 2.67. The van der Waals surface area contributed by atoms with Gasteiger partial charge in [0.2, 0.25) is 0 Å². The van der Waals surface area contributed by atoms with E-state index in [4.69, 9.17) is 9.47 Å². The van der Waals surface area contributed by atoms with Gasteiger partial charge in [0.1, 0.15) is 5.82 Å². The lowest BCUT2D eigenvalue weighted by Crippen LogP contribution is -2.36. The minimum atomic E-state index is -4.82. The van der Waals surface area contributed by atoms with Gasteiger partial charge in [-0.1, -0.05) is 0 Å². The molecule has 1 aromatic carbocycles. The first-order valence-electron chi connectivity index (χ1n) is 8.92. The Morgan fingerprint density at radius 3 is 2.59 bits per heavy atom. The Kier molecular flexibility index (Phi) is 6.21. The molecule has 29 heavy (non-hydrogen) atoms. The largest absolute Gasteiger partial charge is 0.462 e. The summed E-state index contributed by atoms with van der Waals surface area (Å²) in [6.45, 7) is 3.63. The molecule has 1 aliphatic rings. The molecule has 0 unspecified atom stereocenters. The van der Waals surface area contributed by atoms with Crippen molar-refractivity contribution in [3.05, 3.63) is 47.5 Å². The van der Waals surface area contributed by atoms with Crippen molar-refractivity contribution < 1.29 is 31.8 Å². The fraction of sp³-hybridized carbons (Fsp3) is 0.368. The van der Waals surface area contributed by atoms with Crippen LogP contribution in [0.15, 0.2) is 30.5 Å². The van der Waals surface area contributed by atoms with Gasteiger partial charge in [0.15, 0.2) is 5.69 Å². The summed E-state index contributed by atoms with van der Waals surface area (Å²) < 4.78 is 63.5. The van der Waals surface area contributed by atoms with Gasteiger partial charge in [-0.2, -0.15) is 13.2 Å². The van der Waals surface area contributed by atoms with Crippen LogP contribution in [0.5, 0.6) is 0 Å². The predicted molar refractivity (Wildman–Crippen MR) is 97.9 cm³/mol. The van der Waals surface area contributed by atoms with E-state index in [9.17, 15) is 22.4 Å². The first-order valence-corrected chi connectivity index (χ1v) is 8.92. The van der Waals surface area contributed by atoms with Crippen molar-refractivity contribution in [2.24, 2.45) is 0 Å². The van der Waals surface area contributed by atoms with Crippen LogP contribution in [-0.4, -0.2) is 43.9 Å². The smallest absolute Gasteiger partial charge is 0.434 e. The zero-order chi connectivity index (χ0) is 21.0. The second-order valence-corrected chi connectivity index (χ2v) is 6.26. The number of nitrogens with one attached hydrogen (secondary N) is 1. The number of ether oxygens (including phenoxy) is 2. The van der Waals surface area contributed by atoms with Crippen molar-refractivity contribution in [1.29, 1.82) is 0 Å². The number of esters is 1. The highest BCUT2D eigenvalue weighted by Crippen LogP contribution is 2.33. The minimum absolute atomic E-state index is 0.0827. The number of rotatable bonds is 5. The quantitative estimate of drug-likeness (QED) is 0.591. The number of nitrogens with zero attached hydrogens (tertiary/aromatic N) is 2. The summed E-state index contributed by atoms with van der Waals surface area (Å²) in [5, 5.41) is 2.80. The van der Waals surface area contributed by atoms with E-state index < -0.39 is 29.2 Å². The standard InChI is InChI=1S/C19H19F4N3O3/c1-2-29-18(27)16-10-14(11-24-17(16)19(21,22)23)25-13-7-12(20)8-15(9-13)26-3-5-28-6-4-26/h7-11,25H,2-6H2,1H3. The molecule has 1 saturated heterocycles. The first kappa shape index (κ1) is 20.8.